The third-order valence-corrected chi connectivity index (χ3v) is 4.76. The second-order valence-corrected chi connectivity index (χ2v) is 6.89. The number of nitriles is 1. The second kappa shape index (κ2) is 9.29. The van der Waals surface area contributed by atoms with Crippen LogP contribution in [0.3, 0.4) is 0 Å². The van der Waals surface area contributed by atoms with E-state index in [4.69, 9.17) is 21.6 Å². The van der Waals surface area contributed by atoms with Gasteiger partial charge in [0.2, 0.25) is 0 Å². The van der Waals surface area contributed by atoms with Crippen molar-refractivity contribution in [3.8, 4) is 11.8 Å². The molecule has 1 aliphatic rings. The quantitative estimate of drug-likeness (QED) is 0.754. The number of benzene rings is 2. The number of piperidine rings is 1. The first-order chi connectivity index (χ1) is 13.2. The number of likely N-dealkylation sites (tertiary alicyclic amines) is 1. The Hall–Kier alpha value is -2.71. The molecule has 27 heavy (non-hydrogen) atoms. The summed E-state index contributed by atoms with van der Waals surface area (Å²) in [6.07, 6.45) is 3.29. The number of rotatable bonds is 6. The van der Waals surface area contributed by atoms with Crippen molar-refractivity contribution in [2.75, 3.05) is 31.6 Å². The first kappa shape index (κ1) is 19.1. The molecule has 0 spiro atoms. The van der Waals surface area contributed by atoms with Crippen molar-refractivity contribution in [3.05, 3.63) is 58.6 Å². The van der Waals surface area contributed by atoms with Gasteiger partial charge in [0.05, 0.1) is 17.2 Å². The van der Waals surface area contributed by atoms with Crippen molar-refractivity contribution in [2.24, 2.45) is 0 Å². The van der Waals surface area contributed by atoms with Crippen LogP contribution in [0.4, 0.5) is 5.69 Å². The summed E-state index contributed by atoms with van der Waals surface area (Å²) in [5.74, 6) is 0.744. The Morgan fingerprint density at radius 3 is 2.59 bits per heavy atom. The van der Waals surface area contributed by atoms with Crippen LogP contribution in [-0.2, 0) is 0 Å². The molecule has 6 heteroatoms. The topological polar surface area (TPSA) is 65.4 Å². The summed E-state index contributed by atoms with van der Waals surface area (Å²) >= 11 is 6.12. The van der Waals surface area contributed by atoms with Crippen molar-refractivity contribution in [3.63, 3.8) is 0 Å². The SMILES string of the molecule is N#Cc1ccc(OCCNc2cc(Cl)ccc2C(=O)N2CCCCC2)cc1. The fraction of sp³-hybridized carbons (Fsp3) is 0.333. The average molecular weight is 384 g/mol. The molecule has 1 aliphatic heterocycles. The van der Waals surface area contributed by atoms with Crippen LogP contribution in [0.2, 0.25) is 5.02 Å². The zero-order valence-corrected chi connectivity index (χ0v) is 15.8. The molecular weight excluding hydrogens is 362 g/mol. The van der Waals surface area contributed by atoms with Gasteiger partial charge in [-0.05, 0) is 61.7 Å². The van der Waals surface area contributed by atoms with Gasteiger partial charge in [0.15, 0.2) is 0 Å². The Labute approximate surface area is 164 Å². The Balaban J connectivity index is 1.59. The summed E-state index contributed by atoms with van der Waals surface area (Å²) in [6.45, 7) is 2.57. The van der Waals surface area contributed by atoms with E-state index in [2.05, 4.69) is 11.4 Å². The van der Waals surface area contributed by atoms with E-state index in [0.29, 0.717) is 35.1 Å². The summed E-state index contributed by atoms with van der Waals surface area (Å²) in [4.78, 5) is 14.7. The number of anilines is 1. The minimum absolute atomic E-state index is 0.0434. The van der Waals surface area contributed by atoms with Crippen molar-refractivity contribution in [2.45, 2.75) is 19.3 Å². The predicted molar refractivity (Wildman–Crippen MR) is 106 cm³/mol. The third kappa shape index (κ3) is 5.15. The highest BCUT2D eigenvalue weighted by molar-refractivity contribution is 6.31. The smallest absolute Gasteiger partial charge is 0.255 e. The Morgan fingerprint density at radius 2 is 1.89 bits per heavy atom. The zero-order valence-electron chi connectivity index (χ0n) is 15.1. The molecule has 0 atom stereocenters. The number of amides is 1. The molecule has 0 aliphatic carbocycles. The number of nitrogens with zero attached hydrogens (tertiary/aromatic N) is 2. The Bertz CT molecular complexity index is 824. The number of carbonyl (C=O) groups excluding carboxylic acids is 1. The largest absolute Gasteiger partial charge is 0.492 e. The van der Waals surface area contributed by atoms with Crippen LogP contribution in [0.15, 0.2) is 42.5 Å². The molecule has 3 rings (SSSR count). The number of nitrogens with one attached hydrogen (secondary N) is 1. The van der Waals surface area contributed by atoms with Crippen LogP contribution in [0.25, 0.3) is 0 Å². The summed E-state index contributed by atoms with van der Waals surface area (Å²) in [5, 5.41) is 12.7. The highest BCUT2D eigenvalue weighted by Gasteiger charge is 2.20. The lowest BCUT2D eigenvalue weighted by Crippen LogP contribution is -2.36. The van der Waals surface area contributed by atoms with Gasteiger partial charge in [0, 0.05) is 30.3 Å². The van der Waals surface area contributed by atoms with Crippen LogP contribution in [0.1, 0.15) is 35.2 Å². The fourth-order valence-corrected chi connectivity index (χ4v) is 3.27. The van der Waals surface area contributed by atoms with Gasteiger partial charge < -0.3 is 15.0 Å². The number of carbonyl (C=O) groups is 1. The van der Waals surface area contributed by atoms with Gasteiger partial charge in [0.25, 0.3) is 5.91 Å². The summed E-state index contributed by atoms with van der Waals surface area (Å²) in [5.41, 5.74) is 1.96. The van der Waals surface area contributed by atoms with E-state index in [1.54, 1.807) is 42.5 Å². The van der Waals surface area contributed by atoms with Crippen molar-refractivity contribution in [1.82, 2.24) is 4.90 Å². The number of ether oxygens (including phenoxy) is 1. The molecule has 0 unspecified atom stereocenters. The van der Waals surface area contributed by atoms with Crippen LogP contribution < -0.4 is 10.1 Å². The molecule has 0 saturated carbocycles. The molecule has 1 fully saturated rings. The molecule has 1 saturated heterocycles. The van der Waals surface area contributed by atoms with Crippen molar-refractivity contribution < 1.29 is 9.53 Å². The minimum atomic E-state index is 0.0434. The number of hydrogen-bond acceptors (Lipinski definition) is 4. The van der Waals surface area contributed by atoms with Gasteiger partial charge in [-0.15, -0.1) is 0 Å². The first-order valence-corrected chi connectivity index (χ1v) is 9.51. The van der Waals surface area contributed by atoms with Gasteiger partial charge >= 0.3 is 0 Å². The number of hydrogen-bond donors (Lipinski definition) is 1. The maximum atomic E-state index is 12.8. The standard InChI is InChI=1S/C21H22ClN3O2/c22-17-6-9-19(21(26)25-11-2-1-3-12-25)20(14-17)24-10-13-27-18-7-4-16(15-23)5-8-18/h4-9,14,24H,1-3,10-13H2. The van der Waals surface area contributed by atoms with E-state index in [1.165, 1.54) is 6.42 Å². The monoisotopic (exact) mass is 383 g/mol. The lowest BCUT2D eigenvalue weighted by atomic mass is 10.1. The Morgan fingerprint density at radius 1 is 1.15 bits per heavy atom. The van der Waals surface area contributed by atoms with Gasteiger partial charge in [-0.2, -0.15) is 5.26 Å². The maximum absolute atomic E-state index is 12.8. The molecule has 1 N–H and O–H groups in total. The molecule has 2 aromatic carbocycles. The molecule has 1 amide bonds. The predicted octanol–water partition coefficient (Wildman–Crippen LogP) is 4.33. The summed E-state index contributed by atoms with van der Waals surface area (Å²) in [6, 6.07) is 14.4. The highest BCUT2D eigenvalue weighted by atomic mass is 35.5. The average Bonchev–Trinajstić information content (AvgIpc) is 2.72. The molecule has 1 heterocycles. The molecule has 2 aromatic rings. The molecule has 0 bridgehead atoms. The van der Waals surface area contributed by atoms with Gasteiger partial charge in [-0.3, -0.25) is 4.79 Å². The van der Waals surface area contributed by atoms with Gasteiger partial charge in [0.1, 0.15) is 12.4 Å². The zero-order chi connectivity index (χ0) is 19.1. The Kier molecular flexibility index (Phi) is 6.56. The van der Waals surface area contributed by atoms with E-state index in [-0.39, 0.29) is 5.91 Å². The minimum Gasteiger partial charge on any atom is -0.492 e. The molecular formula is C21H22ClN3O2. The van der Waals surface area contributed by atoms with Gasteiger partial charge in [-0.25, -0.2) is 0 Å². The van der Waals surface area contributed by atoms with E-state index in [0.717, 1.165) is 31.6 Å². The lowest BCUT2D eigenvalue weighted by molar-refractivity contribution is 0.0725. The van der Waals surface area contributed by atoms with E-state index >= 15 is 0 Å². The van der Waals surface area contributed by atoms with E-state index in [1.807, 2.05) is 4.90 Å². The van der Waals surface area contributed by atoms with E-state index in [9.17, 15) is 4.79 Å². The second-order valence-electron chi connectivity index (χ2n) is 6.45. The van der Waals surface area contributed by atoms with Crippen LogP contribution >= 0.6 is 11.6 Å². The maximum Gasteiger partial charge on any atom is 0.255 e. The van der Waals surface area contributed by atoms with E-state index < -0.39 is 0 Å². The fourth-order valence-electron chi connectivity index (χ4n) is 3.10. The summed E-state index contributed by atoms with van der Waals surface area (Å²) in [7, 11) is 0. The molecule has 0 radical (unpaired) electrons. The van der Waals surface area contributed by atoms with Crippen LogP contribution in [0, 0.1) is 11.3 Å². The van der Waals surface area contributed by atoms with Crippen molar-refractivity contribution >= 4 is 23.2 Å². The summed E-state index contributed by atoms with van der Waals surface area (Å²) < 4.78 is 5.67. The molecule has 5 nitrogen and oxygen atoms in total. The number of halogens is 1. The third-order valence-electron chi connectivity index (χ3n) is 4.52. The van der Waals surface area contributed by atoms with Crippen LogP contribution in [0.5, 0.6) is 5.75 Å². The van der Waals surface area contributed by atoms with Gasteiger partial charge in [-0.1, -0.05) is 11.6 Å². The van der Waals surface area contributed by atoms with Crippen LogP contribution in [-0.4, -0.2) is 37.0 Å². The molecule has 140 valence electrons. The van der Waals surface area contributed by atoms with Crippen molar-refractivity contribution in [1.29, 1.82) is 5.26 Å². The lowest BCUT2D eigenvalue weighted by Gasteiger charge is -2.27. The molecule has 0 aromatic heterocycles. The normalized spacial score (nSPS) is 13.7. The highest BCUT2D eigenvalue weighted by Crippen LogP contribution is 2.24. The first-order valence-electron chi connectivity index (χ1n) is 9.13.